The third-order valence-electron chi connectivity index (χ3n) is 2.72. The summed E-state index contributed by atoms with van der Waals surface area (Å²) < 4.78 is 29.9. The predicted octanol–water partition coefficient (Wildman–Crippen LogP) is -0.685. The highest BCUT2D eigenvalue weighted by atomic mass is 32.2. The van der Waals surface area contributed by atoms with Gasteiger partial charge in [0.05, 0.1) is 25.0 Å². The molecule has 0 aromatic carbocycles. The smallest absolute Gasteiger partial charge is 0.244 e. The van der Waals surface area contributed by atoms with Crippen LogP contribution >= 0.6 is 0 Å². The van der Waals surface area contributed by atoms with Crippen molar-refractivity contribution in [3.63, 3.8) is 0 Å². The second-order valence-electron chi connectivity index (χ2n) is 4.35. The molecular formula is C11H18N6O2S. The van der Waals surface area contributed by atoms with Crippen LogP contribution in [0.4, 0.5) is 0 Å². The number of nitrogens with zero attached hydrogens (tertiary/aromatic N) is 4. The van der Waals surface area contributed by atoms with Crippen molar-refractivity contribution in [1.82, 2.24) is 29.6 Å². The summed E-state index contributed by atoms with van der Waals surface area (Å²) >= 11 is 0. The fourth-order valence-corrected chi connectivity index (χ4v) is 2.59. The number of sulfonamides is 1. The molecule has 110 valence electrons. The van der Waals surface area contributed by atoms with E-state index >= 15 is 0 Å². The van der Waals surface area contributed by atoms with Crippen LogP contribution in [0.2, 0.25) is 0 Å². The Balaban J connectivity index is 2.00. The Morgan fingerprint density at radius 3 is 2.85 bits per heavy atom. The van der Waals surface area contributed by atoms with Crippen LogP contribution in [-0.4, -0.2) is 41.6 Å². The second-order valence-corrected chi connectivity index (χ2v) is 6.11. The molecule has 2 aromatic heterocycles. The maximum absolute atomic E-state index is 12.1. The van der Waals surface area contributed by atoms with E-state index in [0.29, 0.717) is 12.2 Å². The molecule has 0 saturated carbocycles. The van der Waals surface area contributed by atoms with E-state index in [1.165, 1.54) is 12.4 Å². The van der Waals surface area contributed by atoms with Crippen LogP contribution in [0.1, 0.15) is 5.69 Å². The average Bonchev–Trinajstić information content (AvgIpc) is 3.03. The minimum absolute atomic E-state index is 0.157. The third-order valence-corrected chi connectivity index (χ3v) is 4.08. The summed E-state index contributed by atoms with van der Waals surface area (Å²) in [6.45, 7) is 1.50. The quantitative estimate of drug-likeness (QED) is 0.706. The average molecular weight is 298 g/mol. The minimum atomic E-state index is -3.56. The Bertz CT molecular complexity index is 660. The van der Waals surface area contributed by atoms with E-state index in [1.807, 2.05) is 7.05 Å². The molecule has 8 nitrogen and oxygen atoms in total. The summed E-state index contributed by atoms with van der Waals surface area (Å²) in [5, 5.41) is 11.1. The molecule has 0 aliphatic rings. The van der Waals surface area contributed by atoms with Crippen LogP contribution < -0.4 is 10.0 Å². The van der Waals surface area contributed by atoms with Gasteiger partial charge < -0.3 is 5.32 Å². The summed E-state index contributed by atoms with van der Waals surface area (Å²) in [5.41, 5.74) is 0.665. The zero-order valence-electron chi connectivity index (χ0n) is 11.4. The maximum atomic E-state index is 12.1. The first-order valence-electron chi connectivity index (χ1n) is 6.16. The van der Waals surface area contributed by atoms with Gasteiger partial charge >= 0.3 is 0 Å². The van der Waals surface area contributed by atoms with Crippen LogP contribution in [0.25, 0.3) is 0 Å². The lowest BCUT2D eigenvalue weighted by atomic mass is 10.4. The number of likely N-dealkylation sites (N-methyl/N-ethyl adjacent to an activating group) is 1. The normalized spacial score (nSPS) is 11.9. The summed E-state index contributed by atoms with van der Waals surface area (Å²) in [5.74, 6) is 0. The monoisotopic (exact) mass is 298 g/mol. The Kier molecular flexibility index (Phi) is 4.53. The molecule has 0 aliphatic heterocycles. The highest BCUT2D eigenvalue weighted by Gasteiger charge is 2.16. The number of rotatable bonds is 7. The molecule has 0 fully saturated rings. The lowest BCUT2D eigenvalue weighted by Gasteiger charge is -2.02. The van der Waals surface area contributed by atoms with Gasteiger partial charge in [0.15, 0.2) is 0 Å². The molecule has 0 aliphatic carbocycles. The van der Waals surface area contributed by atoms with E-state index in [0.717, 1.165) is 6.54 Å². The Morgan fingerprint density at radius 2 is 2.20 bits per heavy atom. The summed E-state index contributed by atoms with van der Waals surface area (Å²) in [4.78, 5) is 0.157. The number of hydrogen-bond donors (Lipinski definition) is 2. The molecule has 0 radical (unpaired) electrons. The molecule has 0 amide bonds. The van der Waals surface area contributed by atoms with E-state index in [9.17, 15) is 8.42 Å². The highest BCUT2D eigenvalue weighted by Crippen LogP contribution is 2.07. The van der Waals surface area contributed by atoms with Crippen molar-refractivity contribution in [1.29, 1.82) is 0 Å². The van der Waals surface area contributed by atoms with Crippen molar-refractivity contribution >= 4 is 10.0 Å². The van der Waals surface area contributed by atoms with Gasteiger partial charge in [0.2, 0.25) is 10.0 Å². The number of hydrogen-bond acceptors (Lipinski definition) is 5. The Morgan fingerprint density at radius 1 is 1.40 bits per heavy atom. The van der Waals surface area contributed by atoms with Gasteiger partial charge in [-0.25, -0.2) is 13.1 Å². The molecule has 20 heavy (non-hydrogen) atoms. The Labute approximate surface area is 117 Å². The first-order chi connectivity index (χ1) is 9.51. The molecule has 0 atom stereocenters. The van der Waals surface area contributed by atoms with Crippen LogP contribution in [-0.2, 0) is 30.2 Å². The predicted molar refractivity (Wildman–Crippen MR) is 73.4 cm³/mol. The van der Waals surface area contributed by atoms with E-state index in [4.69, 9.17) is 0 Å². The van der Waals surface area contributed by atoms with E-state index in [-0.39, 0.29) is 11.4 Å². The fraction of sp³-hybridized carbons (Fsp3) is 0.455. The first kappa shape index (κ1) is 14.7. The van der Waals surface area contributed by atoms with Crippen molar-refractivity contribution in [2.75, 3.05) is 13.6 Å². The maximum Gasteiger partial charge on any atom is 0.244 e. The van der Waals surface area contributed by atoms with Gasteiger partial charge in [-0.05, 0) is 13.1 Å². The summed E-state index contributed by atoms with van der Waals surface area (Å²) in [7, 11) is 0.0541. The van der Waals surface area contributed by atoms with Crippen LogP contribution in [0.5, 0.6) is 0 Å². The summed E-state index contributed by atoms with van der Waals surface area (Å²) in [6, 6.07) is 1.76. The minimum Gasteiger partial charge on any atom is -0.318 e. The van der Waals surface area contributed by atoms with Gasteiger partial charge in [0.25, 0.3) is 0 Å². The first-order valence-corrected chi connectivity index (χ1v) is 7.65. The topological polar surface area (TPSA) is 93.8 Å². The standard InChI is InChI=1S/C11H18N6O2S/c1-12-4-6-17-9-11(8-13-17)20(18,19)14-7-10-3-5-16(2)15-10/h3,5,8-9,12,14H,4,6-7H2,1-2H3. The van der Waals surface area contributed by atoms with Gasteiger partial charge in [-0.2, -0.15) is 10.2 Å². The summed E-state index contributed by atoms with van der Waals surface area (Å²) in [6.07, 6.45) is 4.62. The molecule has 9 heteroatoms. The highest BCUT2D eigenvalue weighted by molar-refractivity contribution is 7.89. The van der Waals surface area contributed by atoms with Gasteiger partial charge in [0, 0.05) is 26.0 Å². The van der Waals surface area contributed by atoms with Crippen molar-refractivity contribution in [3.8, 4) is 0 Å². The molecule has 2 N–H and O–H groups in total. The second kappa shape index (κ2) is 6.16. The lowest BCUT2D eigenvalue weighted by molar-refractivity contribution is 0.575. The number of aromatic nitrogens is 4. The van der Waals surface area contributed by atoms with E-state index < -0.39 is 10.0 Å². The van der Waals surface area contributed by atoms with Crippen molar-refractivity contribution < 1.29 is 8.42 Å². The van der Waals surface area contributed by atoms with Gasteiger partial charge in [-0.3, -0.25) is 9.36 Å². The van der Waals surface area contributed by atoms with Crippen LogP contribution in [0.3, 0.4) is 0 Å². The molecule has 0 saturated heterocycles. The van der Waals surface area contributed by atoms with Crippen molar-refractivity contribution in [2.24, 2.45) is 7.05 Å². The molecule has 0 spiro atoms. The Hall–Kier alpha value is -1.71. The van der Waals surface area contributed by atoms with Gasteiger partial charge in [-0.15, -0.1) is 0 Å². The molecule has 0 unspecified atom stereocenters. The van der Waals surface area contributed by atoms with Gasteiger partial charge in [0.1, 0.15) is 4.90 Å². The van der Waals surface area contributed by atoms with E-state index in [1.54, 1.807) is 28.7 Å². The van der Waals surface area contributed by atoms with Crippen LogP contribution in [0.15, 0.2) is 29.6 Å². The fourth-order valence-electron chi connectivity index (χ4n) is 1.64. The lowest BCUT2D eigenvalue weighted by Crippen LogP contribution is -2.23. The SMILES string of the molecule is CNCCn1cc(S(=O)(=O)NCc2ccn(C)n2)cn1. The molecule has 0 bridgehead atoms. The third kappa shape index (κ3) is 3.65. The van der Waals surface area contributed by atoms with Crippen LogP contribution in [0, 0.1) is 0 Å². The number of aryl methyl sites for hydroxylation is 1. The zero-order valence-corrected chi connectivity index (χ0v) is 12.3. The van der Waals surface area contributed by atoms with Gasteiger partial charge in [-0.1, -0.05) is 0 Å². The molecular weight excluding hydrogens is 280 g/mol. The molecule has 2 heterocycles. The molecule has 2 aromatic rings. The molecule has 2 rings (SSSR count). The zero-order chi connectivity index (χ0) is 14.6. The van der Waals surface area contributed by atoms with Crippen molar-refractivity contribution in [2.45, 2.75) is 18.0 Å². The largest absolute Gasteiger partial charge is 0.318 e. The van der Waals surface area contributed by atoms with E-state index in [2.05, 4.69) is 20.2 Å². The van der Waals surface area contributed by atoms with Crippen molar-refractivity contribution in [3.05, 3.63) is 30.4 Å². The number of nitrogens with one attached hydrogen (secondary N) is 2.